The summed E-state index contributed by atoms with van der Waals surface area (Å²) in [5.41, 5.74) is -0.750. The molecule has 4 saturated carbocycles. The Labute approximate surface area is 218 Å². The van der Waals surface area contributed by atoms with E-state index in [4.69, 9.17) is 9.26 Å². The van der Waals surface area contributed by atoms with E-state index in [9.17, 15) is 9.59 Å². The summed E-state index contributed by atoms with van der Waals surface area (Å²) < 4.78 is 11.6. The normalized spacial score (nSPS) is 31.1. The van der Waals surface area contributed by atoms with Crippen LogP contribution in [0.15, 0.2) is 9.42 Å². The number of hydrogen-bond donors (Lipinski definition) is 3. The summed E-state index contributed by atoms with van der Waals surface area (Å²) in [6.07, 6.45) is 8.58. The van der Waals surface area contributed by atoms with E-state index < -0.39 is 5.41 Å². The molecule has 0 spiro atoms. The number of amides is 2. The van der Waals surface area contributed by atoms with Crippen LogP contribution >= 0.6 is 11.8 Å². The maximum Gasteiger partial charge on any atom is 0.291 e. The van der Waals surface area contributed by atoms with Crippen molar-refractivity contribution >= 4 is 23.6 Å². The van der Waals surface area contributed by atoms with Crippen LogP contribution in [0.1, 0.15) is 83.2 Å². The van der Waals surface area contributed by atoms with Gasteiger partial charge in [0.05, 0.1) is 5.41 Å². The zero-order chi connectivity index (χ0) is 25.4. The molecule has 0 unspecified atom stereocenters. The fourth-order valence-corrected chi connectivity index (χ4v) is 7.83. The molecule has 2 heterocycles. The minimum Gasteiger partial charge on any atom is -0.474 e. The van der Waals surface area contributed by atoms with Crippen molar-refractivity contribution in [2.24, 2.45) is 29.1 Å². The van der Waals surface area contributed by atoms with Crippen LogP contribution < -0.4 is 20.7 Å². The maximum atomic E-state index is 13.4. The van der Waals surface area contributed by atoms with Gasteiger partial charge in [0.15, 0.2) is 0 Å². The van der Waals surface area contributed by atoms with E-state index >= 15 is 0 Å². The predicted molar refractivity (Wildman–Crippen MR) is 139 cm³/mol. The summed E-state index contributed by atoms with van der Waals surface area (Å²) >= 11 is 1.51. The molecule has 5 fully saturated rings. The Morgan fingerprint density at radius 3 is 2.47 bits per heavy atom. The fraction of sp³-hybridized carbons (Fsp3) is 0.815. The topological polar surface area (TPSA) is 105 Å². The predicted octanol–water partition coefficient (Wildman–Crippen LogP) is 4.00. The number of rotatable bonds is 10. The maximum absolute atomic E-state index is 13.4. The van der Waals surface area contributed by atoms with Crippen LogP contribution in [0.4, 0.5) is 0 Å². The lowest BCUT2D eigenvalue weighted by molar-refractivity contribution is -0.131. The molecule has 200 valence electrons. The van der Waals surface area contributed by atoms with Crippen LogP contribution in [0.3, 0.4) is 0 Å². The van der Waals surface area contributed by atoms with Gasteiger partial charge in [-0.05, 0) is 94.2 Å². The monoisotopic (exact) mass is 518 g/mol. The summed E-state index contributed by atoms with van der Waals surface area (Å²) in [5.74, 6) is 3.15. The number of carbonyl (C=O) groups excluding carboxylic acids is 2. The van der Waals surface area contributed by atoms with Crippen molar-refractivity contribution in [3.8, 4) is 5.88 Å². The molecule has 1 aromatic heterocycles. The van der Waals surface area contributed by atoms with Crippen molar-refractivity contribution in [3.05, 3.63) is 5.76 Å². The number of carbonyl (C=O) groups is 2. The van der Waals surface area contributed by atoms with E-state index in [-0.39, 0.29) is 35.5 Å². The summed E-state index contributed by atoms with van der Waals surface area (Å²) in [6.45, 7) is 9.63. The minimum atomic E-state index is -0.750. The van der Waals surface area contributed by atoms with Crippen molar-refractivity contribution in [1.29, 1.82) is 0 Å². The van der Waals surface area contributed by atoms with E-state index in [2.05, 4.69) is 35.0 Å². The molecule has 4 aliphatic carbocycles. The van der Waals surface area contributed by atoms with Gasteiger partial charge in [-0.25, -0.2) is 0 Å². The van der Waals surface area contributed by atoms with Gasteiger partial charge in [-0.15, -0.1) is 11.8 Å². The average molecular weight is 519 g/mol. The number of thioether (sulfide) groups is 1. The second-order valence-electron chi connectivity index (χ2n) is 12.4. The molecule has 1 aromatic rings. The van der Waals surface area contributed by atoms with Crippen LogP contribution in [-0.2, 0) is 4.79 Å². The highest BCUT2D eigenvalue weighted by molar-refractivity contribution is 8.00. The molecule has 1 aliphatic heterocycles. The molecule has 5 aliphatic rings. The molecular formula is C27H42N4O4S. The molecule has 2 amide bonds. The Bertz CT molecular complexity index is 928. The third-order valence-corrected chi connectivity index (χ3v) is 9.63. The summed E-state index contributed by atoms with van der Waals surface area (Å²) in [4.78, 5) is 26.8. The Hall–Kier alpha value is -1.74. The van der Waals surface area contributed by atoms with Crippen molar-refractivity contribution in [2.45, 2.75) is 94.9 Å². The van der Waals surface area contributed by atoms with Gasteiger partial charge in [-0.3, -0.25) is 9.59 Å². The van der Waals surface area contributed by atoms with Gasteiger partial charge in [0.2, 0.25) is 11.7 Å². The fourth-order valence-electron chi connectivity index (χ4n) is 6.92. The Kier molecular flexibility index (Phi) is 7.59. The minimum absolute atomic E-state index is 0.0578. The number of aromatic nitrogens is 1. The van der Waals surface area contributed by atoms with Gasteiger partial charge in [-0.2, -0.15) is 0 Å². The van der Waals surface area contributed by atoms with Gasteiger partial charge in [0.1, 0.15) is 11.5 Å². The molecule has 36 heavy (non-hydrogen) atoms. The van der Waals surface area contributed by atoms with Crippen LogP contribution in [0, 0.1) is 29.1 Å². The molecule has 1 atom stereocenters. The lowest BCUT2D eigenvalue weighted by Gasteiger charge is -2.54. The molecule has 9 heteroatoms. The molecular weight excluding hydrogens is 476 g/mol. The SMILES string of the molecule is CC(C)Sc1c(OCC(C)(C)C(=O)NC[C@H]2CCCN2)noc1C(=O)NC1C2CC3CC(C2)CC1C3. The summed E-state index contributed by atoms with van der Waals surface area (Å²) in [6, 6.07) is 0.569. The molecule has 3 N–H and O–H groups in total. The zero-order valence-corrected chi connectivity index (χ0v) is 22.9. The Morgan fingerprint density at radius 1 is 1.17 bits per heavy atom. The highest BCUT2D eigenvalue weighted by Gasteiger charge is 2.49. The zero-order valence-electron chi connectivity index (χ0n) is 22.1. The molecule has 4 bridgehead atoms. The van der Waals surface area contributed by atoms with Crippen molar-refractivity contribution in [3.63, 3.8) is 0 Å². The van der Waals surface area contributed by atoms with Crippen molar-refractivity contribution in [1.82, 2.24) is 21.1 Å². The van der Waals surface area contributed by atoms with Crippen LogP contribution in [0.5, 0.6) is 5.88 Å². The van der Waals surface area contributed by atoms with Crippen LogP contribution in [0.25, 0.3) is 0 Å². The molecule has 6 rings (SSSR count). The second kappa shape index (κ2) is 10.6. The first-order chi connectivity index (χ1) is 17.2. The quantitative estimate of drug-likeness (QED) is 0.402. The number of hydrogen-bond acceptors (Lipinski definition) is 7. The van der Waals surface area contributed by atoms with Gasteiger partial charge in [-0.1, -0.05) is 13.8 Å². The highest BCUT2D eigenvalue weighted by Crippen LogP contribution is 2.53. The first-order valence-corrected chi connectivity index (χ1v) is 14.7. The molecule has 0 radical (unpaired) electrons. The average Bonchev–Trinajstić information content (AvgIpc) is 3.47. The van der Waals surface area contributed by atoms with Gasteiger partial charge in [0, 0.05) is 23.9 Å². The Balaban J connectivity index is 1.22. The molecule has 0 aromatic carbocycles. The summed E-state index contributed by atoms with van der Waals surface area (Å²) in [5, 5.41) is 14.1. The Morgan fingerprint density at radius 2 is 1.86 bits per heavy atom. The van der Waals surface area contributed by atoms with Crippen molar-refractivity contribution in [2.75, 3.05) is 19.7 Å². The van der Waals surface area contributed by atoms with Gasteiger partial charge >= 0.3 is 0 Å². The highest BCUT2D eigenvalue weighted by atomic mass is 32.2. The third-order valence-electron chi connectivity index (χ3n) is 8.56. The standard InChI is InChI=1S/C27H42N4O4S/c1-15(2)36-23-22(24(32)30-21-18-9-16-8-17(11-18)12-19(21)10-16)35-31-25(23)34-14-27(3,4)26(33)29-13-20-6-5-7-28-20/h15-21,28H,5-14H2,1-4H3,(H,29,33)(H,30,32)/t16?,17?,18?,19?,20-,21?/m1/s1. The van der Waals surface area contributed by atoms with E-state index in [1.807, 2.05) is 13.8 Å². The number of nitrogens with zero attached hydrogens (tertiary/aromatic N) is 1. The van der Waals surface area contributed by atoms with Gasteiger partial charge < -0.3 is 25.2 Å². The van der Waals surface area contributed by atoms with E-state index in [1.54, 1.807) is 0 Å². The van der Waals surface area contributed by atoms with Gasteiger partial charge in [0.25, 0.3) is 11.8 Å². The molecule has 8 nitrogen and oxygen atoms in total. The van der Waals surface area contributed by atoms with Crippen LogP contribution in [0.2, 0.25) is 0 Å². The van der Waals surface area contributed by atoms with Crippen LogP contribution in [-0.4, -0.2) is 54.0 Å². The first kappa shape index (κ1) is 25.9. The largest absolute Gasteiger partial charge is 0.474 e. The second-order valence-corrected chi connectivity index (χ2v) is 14.0. The lowest BCUT2D eigenvalue weighted by Crippen LogP contribution is -2.55. The third kappa shape index (κ3) is 5.57. The lowest BCUT2D eigenvalue weighted by atomic mass is 9.54. The first-order valence-electron chi connectivity index (χ1n) is 13.8. The van der Waals surface area contributed by atoms with E-state index in [1.165, 1.54) is 43.9 Å². The smallest absolute Gasteiger partial charge is 0.291 e. The van der Waals surface area contributed by atoms with Crippen molar-refractivity contribution < 1.29 is 18.8 Å². The van der Waals surface area contributed by atoms with E-state index in [0.717, 1.165) is 31.2 Å². The van der Waals surface area contributed by atoms with E-state index in [0.29, 0.717) is 35.2 Å². The number of nitrogens with one attached hydrogen (secondary N) is 3. The summed E-state index contributed by atoms with van der Waals surface area (Å²) in [7, 11) is 0. The molecule has 1 saturated heterocycles. The number of ether oxygens (including phenoxy) is 1.